The first-order valence-electron chi connectivity index (χ1n) is 20.3. The number of aromatic nitrogens is 3. The van der Waals surface area contributed by atoms with Gasteiger partial charge in [0, 0.05) is 50.2 Å². The van der Waals surface area contributed by atoms with Gasteiger partial charge in [-0.3, -0.25) is 0 Å². The molecule has 0 bridgehead atoms. The standard InChI is InChI=1S/C56H37N3/c1-5-15-38(16-6-1)41-25-28-54-50(35-41)51-36-42(39-17-7-2-8-18-39)26-29-55(51)58(54)46-34-43(40-19-9-3-10-20-40)33-45(37-46)57-32-31-49-52(57)30-27-48-47-23-13-14-24-53(47)59(56(48)49)44-21-11-4-12-22-44/h1-37H. The van der Waals surface area contributed by atoms with Gasteiger partial charge in [-0.2, -0.15) is 0 Å². The smallest absolute Gasteiger partial charge is 0.0635 e. The van der Waals surface area contributed by atoms with Crippen LogP contribution in [-0.4, -0.2) is 13.7 Å². The van der Waals surface area contributed by atoms with Crippen LogP contribution in [0.4, 0.5) is 0 Å². The molecule has 0 saturated heterocycles. The highest BCUT2D eigenvalue weighted by atomic mass is 15.0. The van der Waals surface area contributed by atoms with Gasteiger partial charge in [0.25, 0.3) is 0 Å². The maximum absolute atomic E-state index is 2.46. The minimum atomic E-state index is 1.11. The molecule has 0 unspecified atom stereocenters. The third-order valence-electron chi connectivity index (χ3n) is 12.0. The van der Waals surface area contributed by atoms with Crippen molar-refractivity contribution in [1.29, 1.82) is 0 Å². The van der Waals surface area contributed by atoms with Gasteiger partial charge in [-0.05, 0) is 106 Å². The normalized spacial score (nSPS) is 11.7. The minimum Gasteiger partial charge on any atom is -0.316 e. The summed E-state index contributed by atoms with van der Waals surface area (Å²) in [7, 11) is 0. The van der Waals surface area contributed by atoms with E-state index in [-0.39, 0.29) is 0 Å². The quantitative estimate of drug-likeness (QED) is 0.161. The summed E-state index contributed by atoms with van der Waals surface area (Å²) in [5, 5.41) is 6.18. The number of rotatable bonds is 6. The van der Waals surface area contributed by atoms with Crippen LogP contribution >= 0.6 is 0 Å². The fourth-order valence-electron chi connectivity index (χ4n) is 9.33. The van der Waals surface area contributed by atoms with E-state index in [0.717, 1.165) is 28.1 Å². The molecule has 0 aliphatic carbocycles. The highest BCUT2D eigenvalue weighted by molar-refractivity contribution is 6.18. The first-order valence-corrected chi connectivity index (χ1v) is 20.3. The number of benzene rings is 9. The van der Waals surface area contributed by atoms with Crippen LogP contribution in [0.1, 0.15) is 0 Å². The molecular formula is C56H37N3. The molecule has 0 saturated carbocycles. The van der Waals surface area contributed by atoms with Crippen LogP contribution in [0.2, 0.25) is 0 Å². The molecule has 0 N–H and O–H groups in total. The Kier molecular flexibility index (Phi) is 7.54. The Labute approximate surface area is 341 Å². The molecule has 0 fully saturated rings. The van der Waals surface area contributed by atoms with Gasteiger partial charge in [0.15, 0.2) is 0 Å². The summed E-state index contributed by atoms with van der Waals surface area (Å²) >= 11 is 0. The minimum absolute atomic E-state index is 1.11. The fourth-order valence-corrected chi connectivity index (χ4v) is 9.33. The van der Waals surface area contributed by atoms with Crippen LogP contribution in [0.15, 0.2) is 225 Å². The van der Waals surface area contributed by atoms with Crippen molar-refractivity contribution in [3.8, 4) is 50.4 Å². The lowest BCUT2D eigenvalue weighted by Crippen LogP contribution is -1.99. The number of hydrogen-bond donors (Lipinski definition) is 0. The first-order chi connectivity index (χ1) is 29.3. The van der Waals surface area contributed by atoms with Crippen LogP contribution in [-0.2, 0) is 0 Å². The van der Waals surface area contributed by atoms with Crippen molar-refractivity contribution in [3.63, 3.8) is 0 Å². The van der Waals surface area contributed by atoms with Crippen molar-refractivity contribution in [2.75, 3.05) is 0 Å². The lowest BCUT2D eigenvalue weighted by molar-refractivity contribution is 1.10. The molecule has 12 rings (SSSR count). The Morgan fingerprint density at radius 2 is 0.746 bits per heavy atom. The predicted molar refractivity (Wildman–Crippen MR) is 248 cm³/mol. The zero-order valence-corrected chi connectivity index (χ0v) is 32.2. The highest BCUT2D eigenvalue weighted by Gasteiger charge is 2.20. The molecule has 0 amide bonds. The largest absolute Gasteiger partial charge is 0.316 e. The molecule has 276 valence electrons. The van der Waals surface area contributed by atoms with Crippen LogP contribution < -0.4 is 0 Å². The second-order valence-electron chi connectivity index (χ2n) is 15.4. The van der Waals surface area contributed by atoms with Gasteiger partial charge in [0.1, 0.15) is 0 Å². The van der Waals surface area contributed by atoms with Crippen molar-refractivity contribution in [2.45, 2.75) is 0 Å². The SMILES string of the molecule is c1ccc(-c2cc(-n3ccc4c3ccc3c5ccccc5n(-c5ccccc5)c34)cc(-n3c4ccc(-c5ccccc5)cc4c4cc(-c5ccccc5)ccc43)c2)cc1. The fraction of sp³-hybridized carbons (Fsp3) is 0. The maximum Gasteiger partial charge on any atom is 0.0635 e. The molecule has 0 spiro atoms. The molecule has 12 aromatic rings. The Hall–Kier alpha value is -7.88. The van der Waals surface area contributed by atoms with Crippen molar-refractivity contribution in [3.05, 3.63) is 225 Å². The molecule has 0 atom stereocenters. The van der Waals surface area contributed by atoms with Gasteiger partial charge < -0.3 is 13.7 Å². The second-order valence-corrected chi connectivity index (χ2v) is 15.4. The molecule has 9 aromatic carbocycles. The average Bonchev–Trinajstić information content (AvgIpc) is 4.00. The van der Waals surface area contributed by atoms with E-state index in [2.05, 4.69) is 238 Å². The number of nitrogens with zero attached hydrogens (tertiary/aromatic N) is 3. The summed E-state index contributed by atoms with van der Waals surface area (Å²) < 4.78 is 7.25. The number of fused-ring (bicyclic) bond motifs is 8. The third kappa shape index (κ3) is 5.36. The third-order valence-corrected chi connectivity index (χ3v) is 12.0. The summed E-state index contributed by atoms with van der Waals surface area (Å²) in [5.41, 5.74) is 16.5. The van der Waals surface area contributed by atoms with E-state index in [4.69, 9.17) is 0 Å². The topological polar surface area (TPSA) is 14.8 Å². The Bertz CT molecular complexity index is 3420. The Morgan fingerprint density at radius 3 is 1.37 bits per heavy atom. The summed E-state index contributed by atoms with van der Waals surface area (Å²) in [6.07, 6.45) is 2.25. The molecule has 59 heavy (non-hydrogen) atoms. The lowest BCUT2D eigenvalue weighted by atomic mass is 10.0. The Morgan fingerprint density at radius 1 is 0.237 bits per heavy atom. The van der Waals surface area contributed by atoms with Gasteiger partial charge >= 0.3 is 0 Å². The monoisotopic (exact) mass is 751 g/mol. The van der Waals surface area contributed by atoms with Gasteiger partial charge in [-0.1, -0.05) is 146 Å². The van der Waals surface area contributed by atoms with Crippen LogP contribution in [0.5, 0.6) is 0 Å². The molecule has 0 aliphatic rings. The molecular weight excluding hydrogens is 715 g/mol. The van der Waals surface area contributed by atoms with E-state index in [1.54, 1.807) is 0 Å². The lowest BCUT2D eigenvalue weighted by Gasteiger charge is -2.15. The zero-order valence-electron chi connectivity index (χ0n) is 32.2. The average molecular weight is 752 g/mol. The van der Waals surface area contributed by atoms with Crippen LogP contribution in [0, 0.1) is 0 Å². The summed E-state index contributed by atoms with van der Waals surface area (Å²) in [6.45, 7) is 0. The summed E-state index contributed by atoms with van der Waals surface area (Å²) in [4.78, 5) is 0. The van der Waals surface area contributed by atoms with Gasteiger partial charge in [-0.15, -0.1) is 0 Å². The second kappa shape index (κ2) is 13.4. The molecule has 3 heterocycles. The van der Waals surface area contributed by atoms with E-state index in [9.17, 15) is 0 Å². The molecule has 0 radical (unpaired) electrons. The van der Waals surface area contributed by atoms with E-state index < -0.39 is 0 Å². The van der Waals surface area contributed by atoms with Crippen LogP contribution in [0.3, 0.4) is 0 Å². The number of hydrogen-bond acceptors (Lipinski definition) is 0. The first kappa shape index (κ1) is 33.3. The maximum atomic E-state index is 2.46. The van der Waals surface area contributed by atoms with E-state index >= 15 is 0 Å². The van der Waals surface area contributed by atoms with Crippen molar-refractivity contribution in [1.82, 2.24) is 13.7 Å². The van der Waals surface area contributed by atoms with Crippen LogP contribution in [0.25, 0.3) is 105 Å². The molecule has 3 aromatic heterocycles. The van der Waals surface area contributed by atoms with E-state index in [1.165, 1.54) is 76.8 Å². The molecule has 0 aliphatic heterocycles. The zero-order chi connectivity index (χ0) is 38.9. The molecule has 3 heteroatoms. The predicted octanol–water partition coefficient (Wildman–Crippen LogP) is 14.8. The van der Waals surface area contributed by atoms with Gasteiger partial charge in [-0.25, -0.2) is 0 Å². The van der Waals surface area contributed by atoms with E-state index in [1.807, 2.05) is 0 Å². The van der Waals surface area contributed by atoms with Crippen molar-refractivity contribution < 1.29 is 0 Å². The van der Waals surface area contributed by atoms with E-state index in [0.29, 0.717) is 0 Å². The Balaban J connectivity index is 1.12. The van der Waals surface area contributed by atoms with Crippen molar-refractivity contribution in [2.24, 2.45) is 0 Å². The van der Waals surface area contributed by atoms with Gasteiger partial charge in [0.05, 0.1) is 27.6 Å². The summed E-state index contributed by atoms with van der Waals surface area (Å²) in [6, 6.07) is 79.5. The number of para-hydroxylation sites is 2. The van der Waals surface area contributed by atoms with Crippen molar-refractivity contribution >= 4 is 54.5 Å². The highest BCUT2D eigenvalue weighted by Crippen LogP contribution is 2.41. The van der Waals surface area contributed by atoms with Gasteiger partial charge in [0.2, 0.25) is 0 Å². The summed E-state index contributed by atoms with van der Waals surface area (Å²) in [5.74, 6) is 0. The molecule has 3 nitrogen and oxygen atoms in total.